The van der Waals surface area contributed by atoms with Crippen LogP contribution in [0.1, 0.15) is 11.4 Å². The zero-order chi connectivity index (χ0) is 7.02. The molecule has 0 aliphatic heterocycles. The minimum Gasteiger partial charge on any atom is -0.281 e. The lowest BCUT2D eigenvalue weighted by Gasteiger charge is -1.81. The Morgan fingerprint density at radius 1 is 1.75 bits per heavy atom. The second kappa shape index (κ2) is 1.90. The summed E-state index contributed by atoms with van der Waals surface area (Å²) in [6.45, 7) is 3.71. The zero-order valence-corrected chi connectivity index (χ0v) is 6.36. The maximum atomic E-state index is 7.16. The Morgan fingerprint density at radius 2 is 2.38 bits per heavy atom. The predicted octanol–water partition coefficient (Wildman–Crippen LogP) is 1.79. The summed E-state index contributed by atoms with van der Waals surface area (Å²) in [5.74, 6) is 0. The topological polar surface area (TPSA) is 28.7 Å². The average Bonchev–Trinajstić information content (AvgIpc) is 1.98. The molecule has 1 aromatic rings. The predicted molar refractivity (Wildman–Crippen MR) is 35.8 cm³/mol. The summed E-state index contributed by atoms with van der Waals surface area (Å²) in [4.78, 5) is 0. The standard InChI is InChI=1S/C5H7BrN2/c1-3-5(6)4(2)8-7-3/h1-2H3,(H,7,8)/i/hD. The molecular formula is C5H7BrN2. The maximum absolute atomic E-state index is 7.16. The number of halogens is 1. The molecule has 1 aromatic heterocycles. The lowest BCUT2D eigenvalue weighted by Crippen LogP contribution is -1.68. The van der Waals surface area contributed by atoms with E-state index >= 15 is 0 Å². The average molecular weight is 176 g/mol. The second-order valence-corrected chi connectivity index (χ2v) is 2.48. The Morgan fingerprint density at radius 3 is 2.50 bits per heavy atom. The molecule has 1 N–H and O–H groups in total. The number of hydrogen-bond donors (Lipinski definition) is 1. The van der Waals surface area contributed by atoms with Crippen molar-refractivity contribution in [3.63, 3.8) is 0 Å². The lowest BCUT2D eigenvalue weighted by molar-refractivity contribution is 1.02. The number of aryl methyl sites for hydroxylation is 1. The van der Waals surface area contributed by atoms with Crippen LogP contribution in [0.4, 0.5) is 0 Å². The molecule has 0 unspecified atom stereocenters. The molecule has 0 fully saturated rings. The van der Waals surface area contributed by atoms with Crippen molar-refractivity contribution >= 4 is 15.9 Å². The first-order valence-electron chi connectivity index (χ1n) is 2.78. The van der Waals surface area contributed by atoms with Gasteiger partial charge in [0.25, 0.3) is 0 Å². The van der Waals surface area contributed by atoms with E-state index in [4.69, 9.17) is 1.41 Å². The second-order valence-electron chi connectivity index (χ2n) is 1.68. The van der Waals surface area contributed by atoms with Crippen LogP contribution in [0.25, 0.3) is 0 Å². The largest absolute Gasteiger partial charge is 0.281 e. The minimum absolute atomic E-state index is 0.840. The summed E-state index contributed by atoms with van der Waals surface area (Å²) < 4.78 is 8.08. The van der Waals surface area contributed by atoms with Crippen LogP contribution in [0.15, 0.2) is 4.47 Å². The van der Waals surface area contributed by atoms with Gasteiger partial charge in [0.2, 0.25) is 0 Å². The number of hydrogen-bond acceptors (Lipinski definition) is 1. The molecule has 0 aliphatic rings. The molecule has 0 aliphatic carbocycles. The van der Waals surface area contributed by atoms with Gasteiger partial charge in [-0.1, -0.05) is 0 Å². The van der Waals surface area contributed by atoms with Crippen molar-refractivity contribution in [1.82, 2.24) is 10.2 Å². The van der Waals surface area contributed by atoms with E-state index in [1.54, 1.807) is 0 Å². The number of nitrogens with one attached hydrogen (secondary N) is 1. The van der Waals surface area contributed by atoms with Gasteiger partial charge in [-0.25, -0.2) is 0 Å². The van der Waals surface area contributed by atoms with Gasteiger partial charge >= 0.3 is 0 Å². The van der Waals surface area contributed by atoms with E-state index in [0.29, 0.717) is 0 Å². The fourth-order valence-electron chi connectivity index (χ4n) is 0.500. The molecule has 2 nitrogen and oxygen atoms in total. The van der Waals surface area contributed by atoms with E-state index in [1.807, 2.05) is 13.8 Å². The van der Waals surface area contributed by atoms with Crippen LogP contribution >= 0.6 is 15.9 Å². The Labute approximate surface area is 57.9 Å². The molecule has 3 heteroatoms. The number of rotatable bonds is 0. The molecule has 0 aromatic carbocycles. The van der Waals surface area contributed by atoms with E-state index in [2.05, 4.69) is 21.0 Å². The van der Waals surface area contributed by atoms with Crippen molar-refractivity contribution in [1.29, 1.82) is 0 Å². The van der Waals surface area contributed by atoms with Gasteiger partial charge in [-0.15, -0.1) is 0 Å². The quantitative estimate of drug-likeness (QED) is 0.641. The van der Waals surface area contributed by atoms with Crippen LogP contribution in [0, 0.1) is 13.8 Å². The van der Waals surface area contributed by atoms with Crippen LogP contribution in [0.5, 0.6) is 0 Å². The number of nitrogens with zero attached hydrogens (tertiary/aromatic N) is 1. The van der Waals surface area contributed by atoms with Gasteiger partial charge in [-0.2, -0.15) is 5.10 Å². The molecule has 0 saturated carbocycles. The SMILES string of the molecule is [2H]n1nc(C)c(Br)c1C. The molecule has 0 amide bonds. The third-order valence-corrected chi connectivity index (χ3v) is 2.13. The summed E-state index contributed by atoms with van der Waals surface area (Å²) in [6.07, 6.45) is 0. The molecule has 44 valence electrons. The molecule has 1 heterocycles. The number of H-pyrrole nitrogens is 1. The molecule has 0 spiro atoms. The highest BCUT2D eigenvalue weighted by Crippen LogP contribution is 2.15. The minimum atomic E-state index is 0.840. The van der Waals surface area contributed by atoms with E-state index in [1.165, 1.54) is 0 Å². The fourth-order valence-corrected chi connectivity index (χ4v) is 0.658. The van der Waals surface area contributed by atoms with Gasteiger partial charge in [0.15, 0.2) is 1.41 Å². The Kier molecular flexibility index (Phi) is 1.08. The first-order chi connectivity index (χ1) is 4.13. The smallest absolute Gasteiger partial charge is 0.190 e. The first kappa shape index (κ1) is 4.56. The third kappa shape index (κ3) is 0.777. The number of aromatic nitrogens is 2. The van der Waals surface area contributed by atoms with E-state index in [0.717, 1.165) is 21.0 Å². The van der Waals surface area contributed by atoms with E-state index < -0.39 is 0 Å². The molecule has 8 heavy (non-hydrogen) atoms. The highest BCUT2D eigenvalue weighted by atomic mass is 79.9. The number of aromatic amines is 1. The highest BCUT2D eigenvalue weighted by Gasteiger charge is 1.98. The monoisotopic (exact) mass is 175 g/mol. The van der Waals surface area contributed by atoms with Gasteiger partial charge in [0.1, 0.15) is 0 Å². The van der Waals surface area contributed by atoms with Gasteiger partial charge in [0, 0.05) is 5.69 Å². The zero-order valence-electron chi connectivity index (χ0n) is 5.77. The van der Waals surface area contributed by atoms with Gasteiger partial charge in [0.05, 0.1) is 10.2 Å². The van der Waals surface area contributed by atoms with Gasteiger partial charge < -0.3 is 0 Å². The van der Waals surface area contributed by atoms with Crippen molar-refractivity contribution in [2.45, 2.75) is 13.8 Å². The molecular weight excluding hydrogens is 168 g/mol. The van der Waals surface area contributed by atoms with Crippen molar-refractivity contribution in [3.05, 3.63) is 15.9 Å². The van der Waals surface area contributed by atoms with Crippen LogP contribution in [-0.4, -0.2) is 10.2 Å². The molecule has 1 rings (SSSR count). The van der Waals surface area contributed by atoms with Crippen molar-refractivity contribution in [3.8, 4) is 0 Å². The van der Waals surface area contributed by atoms with Gasteiger partial charge in [-0.3, -0.25) is 5.09 Å². The summed E-state index contributed by atoms with van der Waals surface area (Å²) in [7, 11) is 0. The van der Waals surface area contributed by atoms with E-state index in [-0.39, 0.29) is 0 Å². The normalized spacial score (nSPS) is 11.6. The molecule has 0 atom stereocenters. The molecule has 0 saturated heterocycles. The maximum Gasteiger partial charge on any atom is 0.190 e. The summed E-state index contributed by atoms with van der Waals surface area (Å²) in [5, 5.41) is 4.96. The lowest BCUT2D eigenvalue weighted by atomic mass is 10.4. The summed E-state index contributed by atoms with van der Waals surface area (Å²) in [5.41, 5.74) is 1.70. The third-order valence-electron chi connectivity index (χ3n) is 0.985. The molecule has 0 radical (unpaired) electrons. The van der Waals surface area contributed by atoms with E-state index in [9.17, 15) is 0 Å². The van der Waals surface area contributed by atoms with Crippen molar-refractivity contribution < 1.29 is 1.41 Å². The first-order valence-corrected chi connectivity index (χ1v) is 3.13. The van der Waals surface area contributed by atoms with Crippen LogP contribution < -0.4 is 0 Å². The molecule has 0 bridgehead atoms. The van der Waals surface area contributed by atoms with Crippen LogP contribution in [0.2, 0.25) is 1.41 Å². The highest BCUT2D eigenvalue weighted by molar-refractivity contribution is 9.10. The fraction of sp³-hybridized carbons (Fsp3) is 0.400. The van der Waals surface area contributed by atoms with Crippen molar-refractivity contribution in [2.75, 3.05) is 0 Å². The van der Waals surface area contributed by atoms with Crippen LogP contribution in [0.3, 0.4) is 0 Å². The summed E-state index contributed by atoms with van der Waals surface area (Å²) in [6, 6.07) is 0. The Bertz CT molecular complexity index is 209. The van der Waals surface area contributed by atoms with Crippen molar-refractivity contribution in [2.24, 2.45) is 0 Å². The Balaban J connectivity index is 3.29. The summed E-state index contributed by atoms with van der Waals surface area (Å²) >= 11 is 3.30. The van der Waals surface area contributed by atoms with Gasteiger partial charge in [-0.05, 0) is 29.8 Å². The van der Waals surface area contributed by atoms with Crippen LogP contribution in [-0.2, 0) is 0 Å². The Hall–Kier alpha value is -0.310.